The molecule has 1 heterocycles. The Morgan fingerprint density at radius 2 is 1.84 bits per heavy atom. The van der Waals surface area contributed by atoms with E-state index in [1.165, 1.54) is 0 Å². The first kappa shape index (κ1) is 17.5. The molecule has 2 amide bonds. The number of nitrogens with one attached hydrogen (secondary N) is 1. The number of carbonyl (C=O) groups excluding carboxylic acids is 2. The summed E-state index contributed by atoms with van der Waals surface area (Å²) < 4.78 is 5.76. The molecule has 0 saturated carbocycles. The highest BCUT2D eigenvalue weighted by molar-refractivity contribution is 6.33. The minimum Gasteiger partial charge on any atom is -0.370 e. The second kappa shape index (κ2) is 8.14. The highest BCUT2D eigenvalue weighted by Crippen LogP contribution is 2.22. The van der Waals surface area contributed by atoms with Gasteiger partial charge in [0.05, 0.1) is 30.3 Å². The van der Waals surface area contributed by atoms with Crippen molar-refractivity contribution in [1.82, 2.24) is 10.2 Å². The van der Waals surface area contributed by atoms with Crippen molar-refractivity contribution in [3.8, 4) is 0 Å². The number of benzene rings is 2. The van der Waals surface area contributed by atoms with Crippen LogP contribution >= 0.6 is 11.6 Å². The number of nitrogens with zero attached hydrogens (tertiary/aromatic N) is 1. The average Bonchev–Trinajstić information content (AvgIpc) is 2.67. The van der Waals surface area contributed by atoms with E-state index in [9.17, 15) is 9.59 Å². The smallest absolute Gasteiger partial charge is 0.253 e. The van der Waals surface area contributed by atoms with E-state index in [-0.39, 0.29) is 24.5 Å². The van der Waals surface area contributed by atoms with Gasteiger partial charge >= 0.3 is 0 Å². The number of morpholine rings is 1. The molecule has 6 heteroatoms. The summed E-state index contributed by atoms with van der Waals surface area (Å²) in [6.07, 6.45) is -0.141. The van der Waals surface area contributed by atoms with E-state index in [1.54, 1.807) is 29.2 Å². The predicted molar refractivity (Wildman–Crippen MR) is 95.5 cm³/mol. The van der Waals surface area contributed by atoms with Crippen LogP contribution < -0.4 is 5.32 Å². The standard InChI is InChI=1S/C19H19ClN2O3/c20-16-9-5-4-8-15(16)19(24)21-12-18(23)22-10-11-25-17(13-22)14-6-2-1-3-7-14/h1-9,17H,10-13H2,(H,21,24)/t17-/m1/s1. The Labute approximate surface area is 151 Å². The molecule has 0 bridgehead atoms. The molecule has 0 aromatic heterocycles. The van der Waals surface area contributed by atoms with Crippen LogP contribution in [0, 0.1) is 0 Å². The average molecular weight is 359 g/mol. The number of hydrogen-bond donors (Lipinski definition) is 1. The van der Waals surface area contributed by atoms with Crippen LogP contribution in [0.2, 0.25) is 5.02 Å². The maximum atomic E-state index is 12.4. The monoisotopic (exact) mass is 358 g/mol. The van der Waals surface area contributed by atoms with Gasteiger partial charge in [-0.15, -0.1) is 0 Å². The predicted octanol–water partition coefficient (Wildman–Crippen LogP) is 2.67. The molecule has 1 fully saturated rings. The summed E-state index contributed by atoms with van der Waals surface area (Å²) in [7, 11) is 0. The third kappa shape index (κ3) is 4.38. The molecule has 1 aliphatic rings. The van der Waals surface area contributed by atoms with Gasteiger partial charge in [-0.25, -0.2) is 0 Å². The minimum absolute atomic E-state index is 0.0639. The summed E-state index contributed by atoms with van der Waals surface area (Å²) in [6, 6.07) is 16.6. The fraction of sp³-hybridized carbons (Fsp3) is 0.263. The van der Waals surface area contributed by atoms with Crippen molar-refractivity contribution in [1.29, 1.82) is 0 Å². The third-order valence-corrected chi connectivity index (χ3v) is 4.44. The first-order chi connectivity index (χ1) is 12.1. The topological polar surface area (TPSA) is 58.6 Å². The molecule has 25 heavy (non-hydrogen) atoms. The first-order valence-electron chi connectivity index (χ1n) is 8.12. The zero-order valence-electron chi connectivity index (χ0n) is 13.7. The fourth-order valence-corrected chi connectivity index (χ4v) is 2.97. The van der Waals surface area contributed by atoms with Crippen molar-refractivity contribution < 1.29 is 14.3 Å². The molecule has 1 N–H and O–H groups in total. The number of hydrogen-bond acceptors (Lipinski definition) is 3. The maximum Gasteiger partial charge on any atom is 0.253 e. The molecule has 1 atom stereocenters. The molecule has 2 aromatic rings. The Bertz CT molecular complexity index is 751. The largest absolute Gasteiger partial charge is 0.370 e. The van der Waals surface area contributed by atoms with E-state index >= 15 is 0 Å². The Balaban J connectivity index is 1.56. The summed E-state index contributed by atoms with van der Waals surface area (Å²) in [6.45, 7) is 1.41. The lowest BCUT2D eigenvalue weighted by molar-refractivity contribution is -0.137. The van der Waals surface area contributed by atoms with E-state index in [0.29, 0.717) is 30.3 Å². The Kier molecular flexibility index (Phi) is 5.68. The summed E-state index contributed by atoms with van der Waals surface area (Å²) in [5, 5.41) is 3.00. The molecule has 3 rings (SSSR count). The lowest BCUT2D eigenvalue weighted by Crippen LogP contribution is -2.46. The summed E-state index contributed by atoms with van der Waals surface area (Å²) in [4.78, 5) is 26.3. The van der Waals surface area contributed by atoms with E-state index < -0.39 is 0 Å². The number of halogens is 1. The van der Waals surface area contributed by atoms with Crippen molar-refractivity contribution in [3.05, 3.63) is 70.7 Å². The van der Waals surface area contributed by atoms with Crippen molar-refractivity contribution in [2.75, 3.05) is 26.2 Å². The summed E-state index contributed by atoms with van der Waals surface area (Å²) in [5.74, 6) is -0.489. The molecular formula is C19H19ClN2O3. The maximum absolute atomic E-state index is 12.4. The first-order valence-corrected chi connectivity index (χ1v) is 8.50. The zero-order chi connectivity index (χ0) is 17.6. The van der Waals surface area contributed by atoms with Crippen LogP contribution in [0.5, 0.6) is 0 Å². The molecule has 5 nitrogen and oxygen atoms in total. The highest BCUT2D eigenvalue weighted by atomic mass is 35.5. The highest BCUT2D eigenvalue weighted by Gasteiger charge is 2.25. The van der Waals surface area contributed by atoms with Crippen LogP contribution in [0.3, 0.4) is 0 Å². The van der Waals surface area contributed by atoms with Crippen molar-refractivity contribution in [3.63, 3.8) is 0 Å². The van der Waals surface area contributed by atoms with E-state index in [0.717, 1.165) is 5.56 Å². The van der Waals surface area contributed by atoms with Crippen LogP contribution in [0.4, 0.5) is 0 Å². The van der Waals surface area contributed by atoms with Crippen molar-refractivity contribution >= 4 is 23.4 Å². The van der Waals surface area contributed by atoms with Gasteiger partial charge in [0.15, 0.2) is 0 Å². The van der Waals surface area contributed by atoms with E-state index in [2.05, 4.69) is 5.32 Å². The summed E-state index contributed by atoms with van der Waals surface area (Å²) >= 11 is 6.00. The number of carbonyl (C=O) groups is 2. The van der Waals surface area contributed by atoms with Crippen LogP contribution in [0.15, 0.2) is 54.6 Å². The molecule has 2 aromatic carbocycles. The molecule has 0 aliphatic carbocycles. The van der Waals surface area contributed by atoms with Crippen LogP contribution in [-0.2, 0) is 9.53 Å². The van der Waals surface area contributed by atoms with Crippen LogP contribution in [0.25, 0.3) is 0 Å². The second-order valence-electron chi connectivity index (χ2n) is 5.77. The Morgan fingerprint density at radius 1 is 1.12 bits per heavy atom. The van der Waals surface area contributed by atoms with E-state index in [1.807, 2.05) is 30.3 Å². The lowest BCUT2D eigenvalue weighted by atomic mass is 10.1. The number of amides is 2. The van der Waals surface area contributed by atoms with E-state index in [4.69, 9.17) is 16.3 Å². The molecule has 0 spiro atoms. The molecular weight excluding hydrogens is 340 g/mol. The van der Waals surface area contributed by atoms with Gasteiger partial charge in [0.25, 0.3) is 5.91 Å². The Morgan fingerprint density at radius 3 is 2.60 bits per heavy atom. The van der Waals surface area contributed by atoms with Crippen LogP contribution in [-0.4, -0.2) is 43.0 Å². The molecule has 130 valence electrons. The summed E-state index contributed by atoms with van der Waals surface area (Å²) in [5.41, 5.74) is 1.40. The normalized spacial score (nSPS) is 17.2. The van der Waals surface area contributed by atoms with Gasteiger partial charge in [-0.3, -0.25) is 9.59 Å². The molecule has 1 aliphatic heterocycles. The lowest BCUT2D eigenvalue weighted by Gasteiger charge is -2.33. The Hall–Kier alpha value is -2.37. The zero-order valence-corrected chi connectivity index (χ0v) is 14.4. The molecule has 0 unspecified atom stereocenters. The van der Waals surface area contributed by atoms with Gasteiger partial charge in [-0.05, 0) is 17.7 Å². The SMILES string of the molecule is O=C(NCC(=O)N1CCO[C@@H](c2ccccc2)C1)c1ccccc1Cl. The van der Waals surface area contributed by atoms with Crippen LogP contribution in [0.1, 0.15) is 22.0 Å². The quantitative estimate of drug-likeness (QED) is 0.914. The van der Waals surface area contributed by atoms with Gasteiger partial charge in [-0.1, -0.05) is 54.1 Å². The number of ether oxygens (including phenoxy) is 1. The second-order valence-corrected chi connectivity index (χ2v) is 6.18. The van der Waals surface area contributed by atoms with Crippen molar-refractivity contribution in [2.24, 2.45) is 0 Å². The van der Waals surface area contributed by atoms with Gasteiger partial charge in [0.1, 0.15) is 6.10 Å². The molecule has 1 saturated heterocycles. The van der Waals surface area contributed by atoms with Gasteiger partial charge < -0.3 is 15.0 Å². The van der Waals surface area contributed by atoms with Gasteiger partial charge in [0.2, 0.25) is 5.91 Å². The van der Waals surface area contributed by atoms with Crippen molar-refractivity contribution in [2.45, 2.75) is 6.10 Å². The minimum atomic E-state index is -0.355. The third-order valence-electron chi connectivity index (χ3n) is 4.11. The fourth-order valence-electron chi connectivity index (χ4n) is 2.75. The molecule has 0 radical (unpaired) electrons. The van der Waals surface area contributed by atoms with Gasteiger partial charge in [-0.2, -0.15) is 0 Å². The number of rotatable bonds is 4. The van der Waals surface area contributed by atoms with Gasteiger partial charge in [0, 0.05) is 6.54 Å².